The highest BCUT2D eigenvalue weighted by Crippen LogP contribution is 2.45. The van der Waals surface area contributed by atoms with Gasteiger partial charge in [-0.3, -0.25) is 37.3 Å². The van der Waals surface area contributed by atoms with E-state index in [1.807, 2.05) is 0 Å². The SMILES string of the molecule is CCC(C)CCCCCCCCC(=O)OC[C@H](COP(=O)(O)OC[C@H](O)COP(=O)(O)OC[C@@H](COC(=O)CCCCCCCCCCCCCCCC(C)C)OC(=O)CCCCCCCCCCCCCCCCCC(C)C)OC(=O)CCCCCCCCCCCCCC(C)C. The molecule has 6 atom stereocenters. The van der Waals surface area contributed by atoms with Crippen molar-refractivity contribution in [3.63, 3.8) is 0 Å². The van der Waals surface area contributed by atoms with Crippen LogP contribution in [0.25, 0.3) is 0 Å². The molecular weight excluding hydrogens is 1280 g/mol. The number of phosphoric acid groups is 2. The zero-order valence-corrected chi connectivity index (χ0v) is 66.2. The summed E-state index contributed by atoms with van der Waals surface area (Å²) >= 11 is 0. The lowest BCUT2D eigenvalue weighted by molar-refractivity contribution is -0.161. The van der Waals surface area contributed by atoms with E-state index in [1.165, 1.54) is 199 Å². The van der Waals surface area contributed by atoms with E-state index in [4.69, 9.17) is 37.0 Å². The van der Waals surface area contributed by atoms with Crippen LogP contribution in [0.1, 0.15) is 402 Å². The third-order valence-electron chi connectivity index (χ3n) is 18.7. The predicted molar refractivity (Wildman–Crippen MR) is 400 cm³/mol. The molecule has 3 unspecified atom stereocenters. The number of carbonyl (C=O) groups excluding carboxylic acids is 4. The number of aliphatic hydroxyl groups excluding tert-OH is 1. The van der Waals surface area contributed by atoms with E-state index in [9.17, 15) is 43.2 Å². The van der Waals surface area contributed by atoms with Crippen molar-refractivity contribution in [3.8, 4) is 0 Å². The topological polar surface area (TPSA) is 237 Å². The Hall–Kier alpha value is -1.94. The zero-order chi connectivity index (χ0) is 72.4. The molecule has 0 fully saturated rings. The van der Waals surface area contributed by atoms with Crippen LogP contribution in [0.15, 0.2) is 0 Å². The average molecular weight is 1440 g/mol. The maximum atomic E-state index is 13.1. The van der Waals surface area contributed by atoms with E-state index < -0.39 is 97.5 Å². The summed E-state index contributed by atoms with van der Waals surface area (Å²) < 4.78 is 68.6. The fourth-order valence-corrected chi connectivity index (χ4v) is 13.6. The van der Waals surface area contributed by atoms with Crippen molar-refractivity contribution in [2.75, 3.05) is 39.6 Å². The predicted octanol–water partition coefficient (Wildman–Crippen LogP) is 23.2. The normalized spacial score (nSPS) is 14.3. The van der Waals surface area contributed by atoms with Gasteiger partial charge in [0.2, 0.25) is 0 Å². The first-order chi connectivity index (χ1) is 47.1. The second kappa shape index (κ2) is 68.2. The van der Waals surface area contributed by atoms with E-state index in [1.54, 1.807) is 0 Å². The number of phosphoric ester groups is 2. The summed E-state index contributed by atoms with van der Waals surface area (Å²) in [5, 5.41) is 10.6. The van der Waals surface area contributed by atoms with Gasteiger partial charge in [0.15, 0.2) is 12.2 Å². The number of hydrogen-bond donors (Lipinski definition) is 3. The van der Waals surface area contributed by atoms with Crippen LogP contribution in [-0.4, -0.2) is 96.7 Å². The highest BCUT2D eigenvalue weighted by molar-refractivity contribution is 7.47. The number of esters is 4. The van der Waals surface area contributed by atoms with E-state index >= 15 is 0 Å². The molecule has 0 aliphatic rings. The highest BCUT2D eigenvalue weighted by Gasteiger charge is 2.30. The third-order valence-corrected chi connectivity index (χ3v) is 20.6. The zero-order valence-electron chi connectivity index (χ0n) is 64.4. The van der Waals surface area contributed by atoms with Crippen LogP contribution in [0.5, 0.6) is 0 Å². The van der Waals surface area contributed by atoms with Crippen LogP contribution in [0.2, 0.25) is 0 Å². The van der Waals surface area contributed by atoms with Crippen molar-refractivity contribution in [3.05, 3.63) is 0 Å². The number of unbranched alkanes of at least 4 members (excludes halogenated alkanes) is 41. The Balaban J connectivity index is 5.26. The molecule has 0 heterocycles. The molecule has 17 nitrogen and oxygen atoms in total. The van der Waals surface area contributed by atoms with Crippen LogP contribution in [-0.2, 0) is 65.4 Å². The van der Waals surface area contributed by atoms with Gasteiger partial charge < -0.3 is 33.8 Å². The van der Waals surface area contributed by atoms with E-state index in [0.29, 0.717) is 25.7 Å². The van der Waals surface area contributed by atoms with Gasteiger partial charge in [-0.2, -0.15) is 0 Å². The Bertz CT molecular complexity index is 1920. The first kappa shape index (κ1) is 96.1. The van der Waals surface area contributed by atoms with Gasteiger partial charge in [-0.05, 0) is 49.4 Å². The fourth-order valence-electron chi connectivity index (χ4n) is 12.0. The van der Waals surface area contributed by atoms with Crippen LogP contribution < -0.4 is 0 Å². The van der Waals surface area contributed by atoms with Crippen molar-refractivity contribution < 1.29 is 80.2 Å². The molecule has 0 aromatic carbocycles. The van der Waals surface area contributed by atoms with Crippen molar-refractivity contribution >= 4 is 39.5 Å². The number of rotatable bonds is 76. The Kier molecular flexibility index (Phi) is 66.8. The Morgan fingerprint density at radius 2 is 0.490 bits per heavy atom. The maximum absolute atomic E-state index is 13.1. The van der Waals surface area contributed by atoms with Crippen molar-refractivity contribution in [2.24, 2.45) is 23.7 Å². The Morgan fingerprint density at radius 1 is 0.286 bits per heavy atom. The van der Waals surface area contributed by atoms with Crippen LogP contribution in [0.4, 0.5) is 0 Å². The first-order valence-corrected chi connectivity index (χ1v) is 43.7. The summed E-state index contributed by atoms with van der Waals surface area (Å²) in [6.07, 6.45) is 54.1. The van der Waals surface area contributed by atoms with Gasteiger partial charge in [0.1, 0.15) is 19.3 Å². The number of ether oxygens (including phenoxy) is 4. The summed E-state index contributed by atoms with van der Waals surface area (Å²) in [5.74, 6) is 0.973. The van der Waals surface area contributed by atoms with Gasteiger partial charge in [0.05, 0.1) is 26.4 Å². The summed E-state index contributed by atoms with van der Waals surface area (Å²) in [6, 6.07) is 0. The fraction of sp³-hybridized carbons (Fsp3) is 0.949. The molecule has 0 aliphatic carbocycles. The van der Waals surface area contributed by atoms with Gasteiger partial charge in [-0.15, -0.1) is 0 Å². The van der Waals surface area contributed by atoms with Crippen molar-refractivity contribution in [1.82, 2.24) is 0 Å². The summed E-state index contributed by atoms with van der Waals surface area (Å²) in [5.41, 5.74) is 0. The van der Waals surface area contributed by atoms with E-state index in [-0.39, 0.29) is 25.7 Å². The highest BCUT2D eigenvalue weighted by atomic mass is 31.2. The van der Waals surface area contributed by atoms with Gasteiger partial charge in [0.25, 0.3) is 0 Å². The largest absolute Gasteiger partial charge is 0.472 e. The van der Waals surface area contributed by atoms with Crippen molar-refractivity contribution in [1.29, 1.82) is 0 Å². The van der Waals surface area contributed by atoms with Crippen molar-refractivity contribution in [2.45, 2.75) is 420 Å². The van der Waals surface area contributed by atoms with Crippen LogP contribution in [0, 0.1) is 23.7 Å². The second-order valence-corrected chi connectivity index (χ2v) is 33.0. The van der Waals surface area contributed by atoms with Crippen LogP contribution >= 0.6 is 15.6 Å². The summed E-state index contributed by atoms with van der Waals surface area (Å²) in [7, 11) is -9.92. The molecule has 0 spiro atoms. The lowest BCUT2D eigenvalue weighted by atomic mass is 10.00. The molecule has 0 radical (unpaired) electrons. The summed E-state index contributed by atoms with van der Waals surface area (Å²) in [6.45, 7) is 14.2. The molecule has 0 aromatic heterocycles. The van der Waals surface area contributed by atoms with Gasteiger partial charge >= 0.3 is 39.5 Å². The molecule has 0 amide bonds. The average Bonchev–Trinajstić information content (AvgIpc) is 0.990. The Morgan fingerprint density at radius 3 is 0.724 bits per heavy atom. The lowest BCUT2D eigenvalue weighted by Crippen LogP contribution is -2.30. The quantitative estimate of drug-likeness (QED) is 0.0222. The molecule has 582 valence electrons. The second-order valence-electron chi connectivity index (χ2n) is 30.1. The Labute approximate surface area is 600 Å². The smallest absolute Gasteiger partial charge is 0.462 e. The minimum Gasteiger partial charge on any atom is -0.462 e. The molecule has 98 heavy (non-hydrogen) atoms. The molecule has 19 heteroatoms. The molecule has 3 N–H and O–H groups in total. The molecule has 0 rings (SSSR count). The minimum atomic E-state index is -4.96. The molecule has 0 aromatic rings. The number of carbonyl (C=O) groups is 4. The standard InChI is InChI=1S/C79H154O17P2/c1-9-72(8)58-50-42-37-38-44-52-60-77(82)90-66-75(96-79(84)62-54-46-36-30-24-18-21-27-33-41-49-57-71(6)7)68-94-98(87,88)92-64-73(80)63-91-97(85,86)93-67-74(65-89-76(81)59-51-43-34-28-22-17-13-15-20-26-32-40-48-56-70(4)5)95-78(83)61-53-45-35-29-23-16-12-10-11-14-19-25-31-39-47-55-69(2)3/h69-75,80H,9-68H2,1-8H3,(H,85,86)(H,87,88)/t72?,73-,74-,75-/m1/s1. The van der Waals surface area contributed by atoms with Gasteiger partial charge in [-0.25, -0.2) is 9.13 Å². The van der Waals surface area contributed by atoms with E-state index in [2.05, 4.69) is 55.4 Å². The van der Waals surface area contributed by atoms with Crippen LogP contribution in [0.3, 0.4) is 0 Å². The number of aliphatic hydroxyl groups is 1. The monoisotopic (exact) mass is 1440 g/mol. The third kappa shape index (κ3) is 71.1. The van der Waals surface area contributed by atoms with Gasteiger partial charge in [0, 0.05) is 25.7 Å². The lowest BCUT2D eigenvalue weighted by Gasteiger charge is -2.21. The summed E-state index contributed by atoms with van der Waals surface area (Å²) in [4.78, 5) is 73.0. The minimum absolute atomic E-state index is 0.105. The molecular formula is C79H154O17P2. The number of hydrogen-bond acceptors (Lipinski definition) is 15. The maximum Gasteiger partial charge on any atom is 0.472 e. The first-order valence-electron chi connectivity index (χ1n) is 40.7. The molecule has 0 bridgehead atoms. The molecule has 0 saturated heterocycles. The molecule has 0 aliphatic heterocycles. The molecule has 0 saturated carbocycles. The van der Waals surface area contributed by atoms with E-state index in [0.717, 1.165) is 120 Å². The van der Waals surface area contributed by atoms with Gasteiger partial charge in [-0.1, -0.05) is 351 Å².